The number of aromatic nitrogens is 5. The van der Waals surface area contributed by atoms with Crippen LogP contribution < -0.4 is 15.4 Å². The summed E-state index contributed by atoms with van der Waals surface area (Å²) >= 11 is 0. The van der Waals surface area contributed by atoms with Gasteiger partial charge in [0.05, 0.1) is 13.4 Å². The van der Waals surface area contributed by atoms with E-state index in [4.69, 9.17) is 19.7 Å². The van der Waals surface area contributed by atoms with Gasteiger partial charge in [-0.15, -0.1) is 0 Å². The van der Waals surface area contributed by atoms with Crippen molar-refractivity contribution >= 4 is 39.5 Å². The van der Waals surface area contributed by atoms with Crippen LogP contribution in [0.4, 0.5) is 17.6 Å². The van der Waals surface area contributed by atoms with E-state index in [9.17, 15) is 0 Å². The Balaban J connectivity index is 1.32. The van der Waals surface area contributed by atoms with Gasteiger partial charge in [-0.25, -0.2) is 9.97 Å². The first kappa shape index (κ1) is 23.2. The van der Waals surface area contributed by atoms with Crippen LogP contribution in [0.25, 0.3) is 21.9 Å². The monoisotopic (exact) mass is 493 g/mol. The molecule has 3 aromatic heterocycles. The van der Waals surface area contributed by atoms with Gasteiger partial charge in [-0.2, -0.15) is 9.97 Å². The Morgan fingerprint density at radius 2 is 1.76 bits per heavy atom. The highest BCUT2D eigenvalue weighted by molar-refractivity contribution is 5.93. The summed E-state index contributed by atoms with van der Waals surface area (Å²) in [4.78, 5) is 19.1. The molecule has 0 saturated heterocycles. The quantitative estimate of drug-likeness (QED) is 0.263. The van der Waals surface area contributed by atoms with Crippen LogP contribution in [0, 0.1) is 0 Å². The van der Waals surface area contributed by atoms with E-state index in [1.54, 1.807) is 7.11 Å². The fourth-order valence-electron chi connectivity index (χ4n) is 5.16. The molecular formula is C29H31N7O. The van der Waals surface area contributed by atoms with Crippen LogP contribution in [-0.4, -0.2) is 38.2 Å². The number of pyridine rings is 1. The van der Waals surface area contributed by atoms with Crippen LogP contribution in [-0.2, 0) is 6.42 Å². The molecular weight excluding hydrogens is 462 g/mol. The Hall–Kier alpha value is -4.20. The van der Waals surface area contributed by atoms with Crippen molar-refractivity contribution in [1.82, 2.24) is 24.5 Å². The second-order valence-corrected chi connectivity index (χ2v) is 9.54. The Bertz CT molecular complexity index is 1500. The van der Waals surface area contributed by atoms with Crippen molar-refractivity contribution in [2.24, 2.45) is 0 Å². The highest BCUT2D eigenvalue weighted by Crippen LogP contribution is 2.32. The van der Waals surface area contributed by atoms with Crippen LogP contribution in [0.2, 0.25) is 0 Å². The third kappa shape index (κ3) is 4.91. The molecule has 188 valence electrons. The van der Waals surface area contributed by atoms with E-state index in [1.807, 2.05) is 42.9 Å². The zero-order valence-electron chi connectivity index (χ0n) is 21.0. The molecule has 1 aliphatic carbocycles. The van der Waals surface area contributed by atoms with E-state index >= 15 is 0 Å². The van der Waals surface area contributed by atoms with Gasteiger partial charge in [0.15, 0.2) is 17.0 Å². The number of fused-ring (bicyclic) bond motifs is 2. The topological polar surface area (TPSA) is 89.8 Å². The molecule has 1 saturated carbocycles. The molecule has 0 unspecified atom stereocenters. The highest BCUT2D eigenvalue weighted by Gasteiger charge is 2.21. The van der Waals surface area contributed by atoms with Crippen molar-refractivity contribution in [2.45, 2.75) is 44.6 Å². The molecule has 0 atom stereocenters. The molecule has 6 rings (SSSR count). The second-order valence-electron chi connectivity index (χ2n) is 9.54. The summed E-state index contributed by atoms with van der Waals surface area (Å²) in [5.41, 5.74) is 2.89. The number of anilines is 3. The number of nitrogens with one attached hydrogen (secondary N) is 2. The molecule has 5 aromatic rings. The Kier molecular flexibility index (Phi) is 6.54. The van der Waals surface area contributed by atoms with Crippen molar-refractivity contribution in [1.29, 1.82) is 0 Å². The Morgan fingerprint density at radius 3 is 2.59 bits per heavy atom. The number of ether oxygens (including phenoxy) is 1. The number of hydrogen-bond donors (Lipinski definition) is 2. The number of methoxy groups -OCH3 is 1. The average Bonchev–Trinajstić information content (AvgIpc) is 3.38. The maximum absolute atomic E-state index is 5.28. The predicted octanol–water partition coefficient (Wildman–Crippen LogP) is 6.29. The molecule has 2 N–H and O–H groups in total. The number of hydrogen-bond acceptors (Lipinski definition) is 7. The van der Waals surface area contributed by atoms with Gasteiger partial charge in [-0.3, -0.25) is 0 Å². The van der Waals surface area contributed by atoms with E-state index in [-0.39, 0.29) is 0 Å². The van der Waals surface area contributed by atoms with Gasteiger partial charge < -0.3 is 19.9 Å². The summed E-state index contributed by atoms with van der Waals surface area (Å²) in [6.07, 6.45) is 10.7. The maximum Gasteiger partial charge on any atom is 0.232 e. The fraction of sp³-hybridized carbons (Fsp3) is 0.310. The van der Waals surface area contributed by atoms with Gasteiger partial charge in [0.2, 0.25) is 5.95 Å². The molecule has 0 aliphatic heterocycles. The minimum atomic E-state index is 0.421. The van der Waals surface area contributed by atoms with Crippen LogP contribution in [0.15, 0.2) is 67.1 Å². The molecule has 0 amide bonds. The number of rotatable bonds is 8. The lowest BCUT2D eigenvalue weighted by atomic mass is 9.95. The lowest BCUT2D eigenvalue weighted by Gasteiger charge is -2.23. The molecule has 2 aromatic carbocycles. The van der Waals surface area contributed by atoms with Crippen LogP contribution >= 0.6 is 0 Å². The molecule has 8 heteroatoms. The lowest BCUT2D eigenvalue weighted by Crippen LogP contribution is -2.14. The zero-order valence-corrected chi connectivity index (χ0v) is 21.0. The Labute approximate surface area is 216 Å². The van der Waals surface area contributed by atoms with E-state index in [0.717, 1.165) is 65.1 Å². The fourth-order valence-corrected chi connectivity index (χ4v) is 5.16. The van der Waals surface area contributed by atoms with E-state index < -0.39 is 0 Å². The third-order valence-electron chi connectivity index (χ3n) is 7.16. The smallest absolute Gasteiger partial charge is 0.232 e. The van der Waals surface area contributed by atoms with Crippen molar-refractivity contribution in [2.75, 3.05) is 24.3 Å². The van der Waals surface area contributed by atoms with E-state index in [0.29, 0.717) is 12.0 Å². The molecule has 37 heavy (non-hydrogen) atoms. The van der Waals surface area contributed by atoms with Gasteiger partial charge in [0.1, 0.15) is 11.6 Å². The molecule has 0 spiro atoms. The molecule has 3 heterocycles. The van der Waals surface area contributed by atoms with Gasteiger partial charge in [-0.1, -0.05) is 55.7 Å². The molecule has 0 bridgehead atoms. The zero-order chi connectivity index (χ0) is 25.0. The van der Waals surface area contributed by atoms with Crippen molar-refractivity contribution in [3.05, 3.63) is 72.7 Å². The van der Waals surface area contributed by atoms with E-state index in [1.165, 1.54) is 24.8 Å². The second kappa shape index (κ2) is 10.4. The molecule has 1 aliphatic rings. The third-order valence-corrected chi connectivity index (χ3v) is 7.16. The van der Waals surface area contributed by atoms with Crippen LogP contribution in [0.3, 0.4) is 0 Å². The summed E-state index contributed by atoms with van der Waals surface area (Å²) in [6.45, 7) is 0.723. The summed E-state index contributed by atoms with van der Waals surface area (Å²) in [7, 11) is 1.68. The Morgan fingerprint density at radius 1 is 0.919 bits per heavy atom. The molecule has 8 nitrogen and oxygen atoms in total. The number of benzene rings is 2. The predicted molar refractivity (Wildman–Crippen MR) is 148 cm³/mol. The first-order valence-electron chi connectivity index (χ1n) is 13.0. The van der Waals surface area contributed by atoms with Crippen LogP contribution in [0.1, 0.15) is 43.7 Å². The van der Waals surface area contributed by atoms with Gasteiger partial charge in [-0.05, 0) is 48.4 Å². The SMILES string of the molecule is COc1ccc(CCNc2nc(Nc3nccc4ccccc34)nc3c2ncn3C2CCCCC2)cc1. The minimum Gasteiger partial charge on any atom is -0.497 e. The lowest BCUT2D eigenvalue weighted by molar-refractivity contribution is 0.358. The maximum atomic E-state index is 5.28. The summed E-state index contributed by atoms with van der Waals surface area (Å²) in [5, 5.41) is 9.07. The van der Waals surface area contributed by atoms with Crippen molar-refractivity contribution in [3.8, 4) is 5.75 Å². The van der Waals surface area contributed by atoms with Crippen molar-refractivity contribution in [3.63, 3.8) is 0 Å². The van der Waals surface area contributed by atoms with E-state index in [2.05, 4.69) is 44.5 Å². The first-order chi connectivity index (χ1) is 18.3. The van der Waals surface area contributed by atoms with Gasteiger partial charge in [0, 0.05) is 24.2 Å². The highest BCUT2D eigenvalue weighted by atomic mass is 16.5. The van der Waals surface area contributed by atoms with Gasteiger partial charge >= 0.3 is 0 Å². The number of imidazole rings is 1. The molecule has 1 fully saturated rings. The van der Waals surface area contributed by atoms with Crippen LogP contribution in [0.5, 0.6) is 5.75 Å². The normalized spacial score (nSPS) is 14.2. The standard InChI is InChI=1S/C29H31N7O/c1-37-23-13-11-20(12-14-23)15-17-31-27-25-28(36(19-32-25)22-8-3-2-4-9-22)35-29(34-27)33-26-24-10-6-5-7-21(24)16-18-30-26/h5-7,10-14,16,18-19,22H,2-4,8-9,15,17H2,1H3,(H2,30,31,33,34,35). The number of nitrogens with zero attached hydrogens (tertiary/aromatic N) is 5. The summed E-state index contributed by atoms with van der Waals surface area (Å²) in [6, 6.07) is 18.8. The average molecular weight is 494 g/mol. The van der Waals surface area contributed by atoms with Crippen molar-refractivity contribution < 1.29 is 4.74 Å². The van der Waals surface area contributed by atoms with Gasteiger partial charge in [0.25, 0.3) is 0 Å². The first-order valence-corrected chi connectivity index (χ1v) is 13.0. The largest absolute Gasteiger partial charge is 0.497 e. The minimum absolute atomic E-state index is 0.421. The molecule has 0 radical (unpaired) electrons. The summed E-state index contributed by atoms with van der Waals surface area (Å²) in [5.74, 6) is 2.85. The summed E-state index contributed by atoms with van der Waals surface area (Å²) < 4.78 is 7.52.